The molecular formula is C10H20O4S. The molecule has 0 aromatic carbocycles. The number of carboxylic acids is 1. The number of aliphatic carboxylic acids is 1. The van der Waals surface area contributed by atoms with E-state index in [1.54, 1.807) is 6.92 Å². The summed E-state index contributed by atoms with van der Waals surface area (Å²) >= 11 is 1.44. The Hall–Kier alpha value is -0.260. The number of thioether (sulfide) groups is 1. The summed E-state index contributed by atoms with van der Waals surface area (Å²) in [5.74, 6) is -0.123. The van der Waals surface area contributed by atoms with Crippen molar-refractivity contribution >= 4 is 17.7 Å². The van der Waals surface area contributed by atoms with Crippen LogP contribution in [0.3, 0.4) is 0 Å². The summed E-state index contributed by atoms with van der Waals surface area (Å²) in [7, 11) is 0. The third-order valence-electron chi connectivity index (χ3n) is 1.72. The van der Waals surface area contributed by atoms with E-state index in [9.17, 15) is 9.90 Å². The smallest absolute Gasteiger partial charge is 0.307 e. The molecule has 0 aliphatic heterocycles. The molecule has 2 N–H and O–H groups in total. The van der Waals surface area contributed by atoms with E-state index in [-0.39, 0.29) is 12.0 Å². The number of carbonyl (C=O) groups is 1. The topological polar surface area (TPSA) is 66.8 Å². The largest absolute Gasteiger partial charge is 0.481 e. The maximum Gasteiger partial charge on any atom is 0.307 e. The lowest BCUT2D eigenvalue weighted by molar-refractivity contribution is -0.140. The highest BCUT2D eigenvalue weighted by molar-refractivity contribution is 7.99. The maximum atomic E-state index is 10.5. The summed E-state index contributed by atoms with van der Waals surface area (Å²) in [6.07, 6.45) is -0.402. The fraction of sp³-hybridized carbons (Fsp3) is 0.900. The first-order valence-corrected chi connectivity index (χ1v) is 6.19. The number of hydrogen-bond acceptors (Lipinski definition) is 4. The lowest BCUT2D eigenvalue weighted by Gasteiger charge is -2.13. The second kappa shape index (κ2) is 7.96. The van der Waals surface area contributed by atoms with E-state index in [1.807, 2.05) is 13.8 Å². The van der Waals surface area contributed by atoms with Crippen molar-refractivity contribution in [1.82, 2.24) is 0 Å². The standard InChI is InChI=1S/C10H20O4S/c1-7(2)14-4-9(11)6-15-5-8(3)10(12)13/h7-9,11H,4-6H2,1-3H3,(H,12,13). The van der Waals surface area contributed by atoms with E-state index < -0.39 is 12.1 Å². The number of rotatable bonds is 8. The van der Waals surface area contributed by atoms with Gasteiger partial charge in [-0.15, -0.1) is 0 Å². The number of hydrogen-bond donors (Lipinski definition) is 2. The Morgan fingerprint density at radius 1 is 1.33 bits per heavy atom. The summed E-state index contributed by atoms with van der Waals surface area (Å²) in [6, 6.07) is 0. The van der Waals surface area contributed by atoms with Crippen LogP contribution in [-0.4, -0.2) is 46.5 Å². The first-order valence-electron chi connectivity index (χ1n) is 5.03. The minimum absolute atomic E-state index is 0.114. The zero-order valence-corrected chi connectivity index (χ0v) is 10.3. The molecule has 0 saturated carbocycles. The van der Waals surface area contributed by atoms with Crippen LogP contribution in [-0.2, 0) is 9.53 Å². The van der Waals surface area contributed by atoms with Gasteiger partial charge in [-0.1, -0.05) is 6.92 Å². The third kappa shape index (κ3) is 8.72. The van der Waals surface area contributed by atoms with Crippen LogP contribution in [0.1, 0.15) is 20.8 Å². The Morgan fingerprint density at radius 3 is 2.40 bits per heavy atom. The van der Waals surface area contributed by atoms with Gasteiger partial charge in [-0.05, 0) is 13.8 Å². The van der Waals surface area contributed by atoms with Crippen molar-refractivity contribution in [1.29, 1.82) is 0 Å². The molecule has 0 spiro atoms. The monoisotopic (exact) mass is 236 g/mol. The molecule has 0 amide bonds. The molecule has 0 saturated heterocycles. The molecule has 0 aromatic rings. The average Bonchev–Trinajstić information content (AvgIpc) is 2.14. The van der Waals surface area contributed by atoms with E-state index in [0.29, 0.717) is 18.1 Å². The van der Waals surface area contributed by atoms with Crippen molar-refractivity contribution in [2.24, 2.45) is 5.92 Å². The molecule has 4 nitrogen and oxygen atoms in total. The highest BCUT2D eigenvalue weighted by Gasteiger charge is 2.12. The van der Waals surface area contributed by atoms with Crippen LogP contribution >= 0.6 is 11.8 Å². The van der Waals surface area contributed by atoms with Crippen molar-refractivity contribution < 1.29 is 19.7 Å². The molecule has 0 fully saturated rings. The van der Waals surface area contributed by atoms with Gasteiger partial charge in [0.15, 0.2) is 0 Å². The quantitative estimate of drug-likeness (QED) is 0.663. The van der Waals surface area contributed by atoms with Crippen molar-refractivity contribution in [3.05, 3.63) is 0 Å². The fourth-order valence-corrected chi connectivity index (χ4v) is 1.80. The van der Waals surface area contributed by atoms with Crippen molar-refractivity contribution in [3.63, 3.8) is 0 Å². The second-order valence-corrected chi connectivity index (χ2v) is 4.89. The number of aliphatic hydroxyl groups excluding tert-OH is 1. The molecule has 5 heteroatoms. The Labute approximate surface area is 95.0 Å². The van der Waals surface area contributed by atoms with Gasteiger partial charge in [-0.2, -0.15) is 11.8 Å². The normalized spacial score (nSPS) is 15.3. The second-order valence-electron chi connectivity index (χ2n) is 3.81. The van der Waals surface area contributed by atoms with Crippen LogP contribution in [0.5, 0.6) is 0 Å². The molecule has 0 aliphatic carbocycles. The predicted molar refractivity (Wildman–Crippen MR) is 61.2 cm³/mol. The van der Waals surface area contributed by atoms with Gasteiger partial charge in [-0.25, -0.2) is 0 Å². The first kappa shape index (κ1) is 14.7. The van der Waals surface area contributed by atoms with Gasteiger partial charge in [0.2, 0.25) is 0 Å². The fourth-order valence-electron chi connectivity index (χ4n) is 0.804. The number of ether oxygens (including phenoxy) is 1. The molecule has 90 valence electrons. The SMILES string of the molecule is CC(C)OCC(O)CSCC(C)C(=O)O. The van der Waals surface area contributed by atoms with Crippen LogP contribution in [0.4, 0.5) is 0 Å². The zero-order valence-electron chi connectivity index (χ0n) is 9.47. The highest BCUT2D eigenvalue weighted by Crippen LogP contribution is 2.10. The highest BCUT2D eigenvalue weighted by atomic mass is 32.2. The first-order chi connectivity index (χ1) is 6.93. The van der Waals surface area contributed by atoms with E-state index >= 15 is 0 Å². The minimum Gasteiger partial charge on any atom is -0.481 e. The van der Waals surface area contributed by atoms with E-state index in [4.69, 9.17) is 9.84 Å². The molecule has 0 rings (SSSR count). The average molecular weight is 236 g/mol. The minimum atomic E-state index is -0.796. The van der Waals surface area contributed by atoms with Gasteiger partial charge in [0, 0.05) is 11.5 Å². The molecule has 0 aromatic heterocycles. The molecule has 2 unspecified atom stereocenters. The van der Waals surface area contributed by atoms with Gasteiger partial charge in [-0.3, -0.25) is 4.79 Å². The van der Waals surface area contributed by atoms with Crippen molar-refractivity contribution in [2.45, 2.75) is 33.0 Å². The lowest BCUT2D eigenvalue weighted by atomic mass is 10.2. The molecule has 0 radical (unpaired) electrons. The molecular weight excluding hydrogens is 216 g/mol. The molecule has 2 atom stereocenters. The van der Waals surface area contributed by atoms with Crippen LogP contribution < -0.4 is 0 Å². The summed E-state index contributed by atoms with van der Waals surface area (Å²) in [5, 5.41) is 18.1. The van der Waals surface area contributed by atoms with Gasteiger partial charge < -0.3 is 14.9 Å². The third-order valence-corrected chi connectivity index (χ3v) is 3.08. The summed E-state index contributed by atoms with van der Waals surface area (Å²) in [6.45, 7) is 5.79. The Bertz CT molecular complexity index is 184. The summed E-state index contributed by atoms with van der Waals surface area (Å²) in [4.78, 5) is 10.5. The molecule has 0 heterocycles. The van der Waals surface area contributed by atoms with E-state index in [0.717, 1.165) is 0 Å². The van der Waals surface area contributed by atoms with Crippen LogP contribution in [0.25, 0.3) is 0 Å². The lowest BCUT2D eigenvalue weighted by Crippen LogP contribution is -2.22. The zero-order chi connectivity index (χ0) is 11.8. The van der Waals surface area contributed by atoms with E-state index in [2.05, 4.69) is 0 Å². The summed E-state index contributed by atoms with van der Waals surface area (Å²) in [5.41, 5.74) is 0. The summed E-state index contributed by atoms with van der Waals surface area (Å²) < 4.78 is 5.23. The van der Waals surface area contributed by atoms with E-state index in [1.165, 1.54) is 11.8 Å². The Balaban J connectivity index is 3.46. The van der Waals surface area contributed by atoms with Gasteiger partial charge in [0.05, 0.1) is 24.7 Å². The van der Waals surface area contributed by atoms with Crippen LogP contribution in [0.2, 0.25) is 0 Å². The number of aliphatic hydroxyl groups is 1. The molecule has 15 heavy (non-hydrogen) atoms. The predicted octanol–water partition coefficient (Wildman–Crippen LogP) is 1.23. The Kier molecular flexibility index (Phi) is 7.82. The van der Waals surface area contributed by atoms with Crippen LogP contribution in [0, 0.1) is 5.92 Å². The van der Waals surface area contributed by atoms with Gasteiger partial charge >= 0.3 is 5.97 Å². The van der Waals surface area contributed by atoms with Crippen LogP contribution in [0.15, 0.2) is 0 Å². The molecule has 0 aliphatic rings. The molecule has 0 bridgehead atoms. The Morgan fingerprint density at radius 2 is 1.93 bits per heavy atom. The number of carboxylic acid groups (broad SMARTS) is 1. The van der Waals surface area contributed by atoms with Gasteiger partial charge in [0.25, 0.3) is 0 Å². The van der Waals surface area contributed by atoms with Gasteiger partial charge in [0.1, 0.15) is 0 Å². The van der Waals surface area contributed by atoms with Crippen molar-refractivity contribution in [3.8, 4) is 0 Å². The van der Waals surface area contributed by atoms with Crippen molar-refractivity contribution in [2.75, 3.05) is 18.1 Å². The maximum absolute atomic E-state index is 10.5.